The minimum atomic E-state index is 0.199. The van der Waals surface area contributed by atoms with E-state index in [1.165, 1.54) is 16.8 Å². The number of hydrogen-bond donors (Lipinski definition) is 1. The molecule has 2 unspecified atom stereocenters. The fourth-order valence-electron chi connectivity index (χ4n) is 2.51. The second kappa shape index (κ2) is 9.57. The van der Waals surface area contributed by atoms with Crippen molar-refractivity contribution in [2.45, 2.75) is 61.6 Å². The van der Waals surface area contributed by atoms with Crippen LogP contribution in [-0.2, 0) is 0 Å². The normalized spacial score (nSPS) is 27.6. The van der Waals surface area contributed by atoms with Gasteiger partial charge in [-0.15, -0.1) is 0 Å². The molecular weight excluding hydrogens is 244 g/mol. The minimum absolute atomic E-state index is 0.199. The summed E-state index contributed by atoms with van der Waals surface area (Å²) in [5.74, 6) is 1.04. The highest BCUT2D eigenvalue weighted by atomic mass is 15.1. The van der Waals surface area contributed by atoms with E-state index in [2.05, 4.69) is 56.2 Å². The van der Waals surface area contributed by atoms with Crippen molar-refractivity contribution in [1.29, 1.82) is 0 Å². The molecule has 2 rings (SSSR count). The first kappa shape index (κ1) is 18.7. The van der Waals surface area contributed by atoms with Crippen LogP contribution in [0.2, 0.25) is 0 Å². The summed E-state index contributed by atoms with van der Waals surface area (Å²) in [4.78, 5) is 4.37. The largest absolute Gasteiger partial charge is 0.367 e. The Hall–Kier alpha value is -1.31. The zero-order valence-electron chi connectivity index (χ0n) is 14.5. The lowest BCUT2D eigenvalue weighted by Gasteiger charge is -2.32. The molecule has 0 amide bonds. The molecule has 0 bridgehead atoms. The molecule has 2 nitrogen and oxygen atoms in total. The predicted octanol–water partition coefficient (Wildman–Crippen LogP) is 5.10. The maximum Gasteiger partial charge on any atom is 0.115 e. The van der Waals surface area contributed by atoms with Crippen LogP contribution in [0.5, 0.6) is 0 Å². The molecule has 3 atom stereocenters. The van der Waals surface area contributed by atoms with Gasteiger partial charge in [-0.3, -0.25) is 4.99 Å². The highest BCUT2D eigenvalue weighted by molar-refractivity contribution is 5.80. The number of hydrogen-bond acceptors (Lipinski definition) is 2. The molecule has 1 N–H and O–H groups in total. The first-order valence-electron chi connectivity index (χ1n) is 7.95. The van der Waals surface area contributed by atoms with E-state index in [-0.39, 0.29) is 6.17 Å². The summed E-state index contributed by atoms with van der Waals surface area (Å²) in [5.41, 5.74) is 4.03. The van der Waals surface area contributed by atoms with E-state index >= 15 is 0 Å². The Morgan fingerprint density at radius 3 is 2.20 bits per heavy atom. The average Bonchev–Trinajstić information content (AvgIpc) is 2.47. The summed E-state index contributed by atoms with van der Waals surface area (Å²) >= 11 is 0. The summed E-state index contributed by atoms with van der Waals surface area (Å²) in [5, 5.41) is 3.50. The molecule has 0 aromatic rings. The van der Waals surface area contributed by atoms with Crippen LogP contribution in [0.25, 0.3) is 0 Å². The van der Waals surface area contributed by atoms with Gasteiger partial charge < -0.3 is 5.32 Å². The second-order valence-electron chi connectivity index (χ2n) is 4.83. The Morgan fingerprint density at radius 1 is 1.05 bits per heavy atom. The Kier molecular flexibility index (Phi) is 8.94. The van der Waals surface area contributed by atoms with Crippen molar-refractivity contribution in [2.24, 2.45) is 16.8 Å². The predicted molar refractivity (Wildman–Crippen MR) is 92.0 cm³/mol. The summed E-state index contributed by atoms with van der Waals surface area (Å²) in [7, 11) is 0. The molecule has 1 aliphatic heterocycles. The van der Waals surface area contributed by atoms with Gasteiger partial charge in [-0.1, -0.05) is 58.4 Å². The average molecular weight is 276 g/mol. The van der Waals surface area contributed by atoms with Crippen LogP contribution in [0.15, 0.2) is 40.1 Å². The van der Waals surface area contributed by atoms with Gasteiger partial charge in [-0.25, -0.2) is 0 Å². The van der Waals surface area contributed by atoms with Crippen LogP contribution >= 0.6 is 0 Å². The van der Waals surface area contributed by atoms with Gasteiger partial charge in [0.15, 0.2) is 0 Å². The molecule has 114 valence electrons. The fraction of sp³-hybridized carbons (Fsp3) is 0.611. The van der Waals surface area contributed by atoms with Crippen molar-refractivity contribution >= 4 is 6.21 Å². The van der Waals surface area contributed by atoms with Crippen molar-refractivity contribution in [1.82, 2.24) is 5.32 Å². The number of allylic oxidation sites excluding steroid dienone is 5. The molecule has 0 saturated carbocycles. The monoisotopic (exact) mass is 276 g/mol. The van der Waals surface area contributed by atoms with E-state index in [0.29, 0.717) is 11.8 Å². The first-order valence-corrected chi connectivity index (χ1v) is 7.95. The van der Waals surface area contributed by atoms with Crippen molar-refractivity contribution in [3.05, 3.63) is 35.1 Å². The Morgan fingerprint density at radius 2 is 1.65 bits per heavy atom. The third-order valence-corrected chi connectivity index (χ3v) is 3.38. The number of nitrogens with zero attached hydrogens (tertiary/aromatic N) is 1. The van der Waals surface area contributed by atoms with Crippen molar-refractivity contribution in [3.8, 4) is 0 Å². The Labute approximate surface area is 125 Å². The van der Waals surface area contributed by atoms with Gasteiger partial charge in [-0.05, 0) is 32.3 Å². The molecule has 20 heavy (non-hydrogen) atoms. The van der Waals surface area contributed by atoms with Gasteiger partial charge in [0.25, 0.3) is 0 Å². The summed E-state index contributed by atoms with van der Waals surface area (Å²) in [6.07, 6.45) is 8.84. The molecule has 0 fully saturated rings. The van der Waals surface area contributed by atoms with Gasteiger partial charge in [0.1, 0.15) is 6.17 Å². The molecule has 1 aliphatic carbocycles. The van der Waals surface area contributed by atoms with E-state index in [1.807, 2.05) is 33.9 Å². The number of nitrogens with one attached hydrogen (secondary N) is 1. The smallest absolute Gasteiger partial charge is 0.115 e. The van der Waals surface area contributed by atoms with E-state index in [0.717, 1.165) is 0 Å². The summed E-state index contributed by atoms with van der Waals surface area (Å²) in [6.45, 7) is 16.7. The second-order valence-corrected chi connectivity index (χ2v) is 4.83. The van der Waals surface area contributed by atoms with Gasteiger partial charge in [0.2, 0.25) is 0 Å². The minimum Gasteiger partial charge on any atom is -0.367 e. The third-order valence-electron chi connectivity index (χ3n) is 3.38. The highest BCUT2D eigenvalue weighted by Gasteiger charge is 2.26. The van der Waals surface area contributed by atoms with Crippen LogP contribution in [0.4, 0.5) is 0 Å². The molecule has 0 aromatic heterocycles. The van der Waals surface area contributed by atoms with Crippen molar-refractivity contribution < 1.29 is 0 Å². The van der Waals surface area contributed by atoms with Crippen LogP contribution in [0.1, 0.15) is 55.4 Å². The molecule has 0 aromatic carbocycles. The van der Waals surface area contributed by atoms with Crippen molar-refractivity contribution in [3.63, 3.8) is 0 Å². The third kappa shape index (κ3) is 4.66. The molecule has 0 saturated heterocycles. The first-order chi connectivity index (χ1) is 9.59. The molecular formula is C18H32N2. The lowest BCUT2D eigenvalue weighted by atomic mass is 9.80. The highest BCUT2D eigenvalue weighted by Crippen LogP contribution is 2.33. The Balaban J connectivity index is 0.000000829. The zero-order valence-corrected chi connectivity index (χ0v) is 14.5. The molecule has 0 spiro atoms. The topological polar surface area (TPSA) is 24.4 Å². The standard InChI is InChI=1S/C14H20N2.2C2H6/c1-9-6-5-7-10(2)13(9)14-11(3)8-15-12(4)16-14;2*1-2/h5-9,12-13,16H,1-4H3;2*1-2H3/t9?,12?,13-;;/m1../s1. The molecule has 2 aliphatic rings. The zero-order chi connectivity index (χ0) is 15.7. The van der Waals surface area contributed by atoms with Crippen LogP contribution in [-0.4, -0.2) is 12.4 Å². The van der Waals surface area contributed by atoms with Crippen molar-refractivity contribution in [2.75, 3.05) is 0 Å². The van der Waals surface area contributed by atoms with Crippen LogP contribution in [0.3, 0.4) is 0 Å². The van der Waals surface area contributed by atoms with E-state index in [1.54, 1.807) is 0 Å². The summed E-state index contributed by atoms with van der Waals surface area (Å²) in [6, 6.07) is 0. The fourth-order valence-corrected chi connectivity index (χ4v) is 2.51. The van der Waals surface area contributed by atoms with E-state index in [4.69, 9.17) is 0 Å². The maximum absolute atomic E-state index is 4.37. The lowest BCUT2D eigenvalue weighted by molar-refractivity contribution is 0.478. The van der Waals surface area contributed by atoms with Crippen LogP contribution < -0.4 is 5.32 Å². The molecule has 2 heteroatoms. The van der Waals surface area contributed by atoms with Gasteiger partial charge in [-0.2, -0.15) is 0 Å². The lowest BCUT2D eigenvalue weighted by Crippen LogP contribution is -2.35. The maximum atomic E-state index is 4.37. The number of aliphatic imine (C=N–C) groups is 1. The van der Waals surface area contributed by atoms with Gasteiger partial charge in [0.05, 0.1) is 0 Å². The number of rotatable bonds is 1. The summed E-state index contributed by atoms with van der Waals surface area (Å²) < 4.78 is 0. The molecule has 0 radical (unpaired) electrons. The quantitative estimate of drug-likeness (QED) is 0.708. The Bertz CT molecular complexity index is 400. The van der Waals surface area contributed by atoms with E-state index in [9.17, 15) is 0 Å². The van der Waals surface area contributed by atoms with Gasteiger partial charge >= 0.3 is 0 Å². The van der Waals surface area contributed by atoms with Gasteiger partial charge in [0, 0.05) is 17.8 Å². The van der Waals surface area contributed by atoms with E-state index < -0.39 is 0 Å². The molecule has 1 heterocycles. The van der Waals surface area contributed by atoms with Crippen LogP contribution in [0, 0.1) is 11.8 Å². The SMILES string of the molecule is CC.CC.CC1=CC=CC(C)[C@H]1C1=C(C)C=NC(C)N1.